The molecule has 1 spiro atoms. The zero-order chi connectivity index (χ0) is 39.8. The minimum absolute atomic E-state index is 0.590. The van der Waals surface area contributed by atoms with Crippen LogP contribution >= 0.6 is 7.14 Å². The predicted molar refractivity (Wildman–Crippen MR) is 247 cm³/mol. The predicted octanol–water partition coefficient (Wildman–Crippen LogP) is 12.8. The first-order chi connectivity index (χ1) is 29.6. The summed E-state index contributed by atoms with van der Waals surface area (Å²) in [6.07, 6.45) is 0. The summed E-state index contributed by atoms with van der Waals surface area (Å²) >= 11 is 0. The molecule has 0 amide bonds. The molecule has 0 bridgehead atoms. The lowest BCUT2D eigenvalue weighted by molar-refractivity contribution is 0.437. The second-order valence-corrected chi connectivity index (χ2v) is 18.5. The Hall–Kier alpha value is -7.32. The molecule has 2 heterocycles. The van der Waals surface area contributed by atoms with E-state index in [4.69, 9.17) is 9.72 Å². The van der Waals surface area contributed by atoms with Crippen LogP contribution in [0.15, 0.2) is 218 Å². The van der Waals surface area contributed by atoms with Crippen molar-refractivity contribution in [3.63, 3.8) is 0 Å². The van der Waals surface area contributed by atoms with Crippen LogP contribution in [0.2, 0.25) is 0 Å². The minimum atomic E-state index is -3.11. The molecule has 0 saturated carbocycles. The summed E-state index contributed by atoms with van der Waals surface area (Å²) in [5.74, 6) is 1.69. The van der Waals surface area contributed by atoms with Crippen LogP contribution in [-0.2, 0) is 9.98 Å². The third-order valence-electron chi connectivity index (χ3n) is 12.6. The topological polar surface area (TPSA) is 39.2 Å². The fourth-order valence-corrected chi connectivity index (χ4v) is 12.6. The number of ether oxygens (including phenoxy) is 1. The van der Waals surface area contributed by atoms with Crippen molar-refractivity contribution in [2.45, 2.75) is 5.41 Å². The van der Waals surface area contributed by atoms with Crippen LogP contribution in [0.5, 0.6) is 11.5 Å². The third-order valence-corrected chi connectivity index (χ3v) is 15.7. The number of hydrogen-bond donors (Lipinski definition) is 0. The summed E-state index contributed by atoms with van der Waals surface area (Å²) in [5.41, 5.74) is 11.7. The van der Waals surface area contributed by atoms with Gasteiger partial charge < -0.3 is 9.30 Å². The van der Waals surface area contributed by atoms with Gasteiger partial charge in [-0.3, -0.25) is 0 Å². The summed E-state index contributed by atoms with van der Waals surface area (Å²) in [5, 5.41) is 5.64. The number of rotatable bonds is 5. The summed E-state index contributed by atoms with van der Waals surface area (Å²) in [6.45, 7) is 0. The summed E-state index contributed by atoms with van der Waals surface area (Å²) in [7, 11) is -3.11. The second kappa shape index (κ2) is 13.4. The standard InChI is InChI=1S/C56H36NO2P/c58-60(40-18-6-2-7-19-40,41-20-8-3-9-21-41)42-31-28-37(29-32-42)39-30-33-52-46(34-39)45-35-51-54(36-47(45)55(57-52)38-16-4-1-5-17-38)59-53-27-15-14-26-50(53)56(51)48-24-12-10-22-43(48)44-23-11-13-25-49(44)56/h1-36H. The average Bonchev–Trinajstić information content (AvgIpc) is 3.62. The van der Waals surface area contributed by atoms with E-state index in [1.165, 1.54) is 22.3 Å². The number of benzene rings is 9. The number of pyridine rings is 1. The molecule has 0 fully saturated rings. The van der Waals surface area contributed by atoms with Crippen molar-refractivity contribution < 1.29 is 9.30 Å². The summed E-state index contributed by atoms with van der Waals surface area (Å²) < 4.78 is 22.1. The lowest BCUT2D eigenvalue weighted by Gasteiger charge is -2.39. The van der Waals surface area contributed by atoms with E-state index in [0.717, 1.165) is 82.6 Å². The van der Waals surface area contributed by atoms with Crippen LogP contribution in [0, 0.1) is 0 Å². The van der Waals surface area contributed by atoms with E-state index in [0.29, 0.717) is 0 Å². The Labute approximate surface area is 348 Å². The minimum Gasteiger partial charge on any atom is -0.457 e. The van der Waals surface area contributed by atoms with Crippen LogP contribution in [0.25, 0.3) is 55.2 Å². The summed E-state index contributed by atoms with van der Waals surface area (Å²) in [6, 6.07) is 75.8. The fraction of sp³-hybridized carbons (Fsp3) is 0.0179. The highest BCUT2D eigenvalue weighted by atomic mass is 31.2. The highest BCUT2D eigenvalue weighted by Gasteiger charge is 2.51. The SMILES string of the molecule is O=P(c1ccccc1)(c1ccccc1)c1ccc(-c2ccc3nc(-c4ccccc4)c4cc5c(cc4c3c2)C2(c3ccccc3O5)c3ccccc3-c3ccccc32)cc1. The zero-order valence-corrected chi connectivity index (χ0v) is 33.4. The van der Waals surface area contributed by atoms with Crippen LogP contribution in [-0.4, -0.2) is 4.98 Å². The molecule has 0 saturated heterocycles. The van der Waals surface area contributed by atoms with E-state index in [1.54, 1.807) is 0 Å². The van der Waals surface area contributed by atoms with Gasteiger partial charge in [0.15, 0.2) is 7.14 Å². The van der Waals surface area contributed by atoms with E-state index < -0.39 is 12.6 Å². The Bertz CT molecular complexity index is 3270. The second-order valence-electron chi connectivity index (χ2n) is 15.7. The van der Waals surface area contributed by atoms with E-state index in [2.05, 4.69) is 140 Å². The molecular formula is C56H36NO2P. The Morgan fingerprint density at radius 1 is 0.383 bits per heavy atom. The van der Waals surface area contributed by atoms with Crippen LogP contribution in [0.3, 0.4) is 0 Å². The van der Waals surface area contributed by atoms with Gasteiger partial charge in [-0.2, -0.15) is 0 Å². The van der Waals surface area contributed by atoms with Crippen molar-refractivity contribution in [2.75, 3.05) is 0 Å². The molecule has 12 rings (SSSR count). The molecule has 0 atom stereocenters. The zero-order valence-electron chi connectivity index (χ0n) is 32.5. The lowest BCUT2D eigenvalue weighted by Crippen LogP contribution is -2.32. The van der Waals surface area contributed by atoms with Gasteiger partial charge in [-0.1, -0.05) is 188 Å². The van der Waals surface area contributed by atoms with Crippen molar-refractivity contribution >= 4 is 44.7 Å². The van der Waals surface area contributed by atoms with Gasteiger partial charge in [0.2, 0.25) is 0 Å². The molecule has 60 heavy (non-hydrogen) atoms. The van der Waals surface area contributed by atoms with Crippen molar-refractivity contribution in [1.82, 2.24) is 4.98 Å². The lowest BCUT2D eigenvalue weighted by atomic mass is 9.65. The molecular weight excluding hydrogens is 750 g/mol. The average molecular weight is 786 g/mol. The van der Waals surface area contributed by atoms with Crippen molar-refractivity contribution in [2.24, 2.45) is 0 Å². The smallest absolute Gasteiger partial charge is 0.171 e. The number of aromatic nitrogens is 1. The first-order valence-electron chi connectivity index (χ1n) is 20.4. The molecule has 2 aliphatic rings. The largest absolute Gasteiger partial charge is 0.457 e. The molecule has 1 aliphatic carbocycles. The maximum atomic E-state index is 15.2. The van der Waals surface area contributed by atoms with Gasteiger partial charge in [-0.25, -0.2) is 4.98 Å². The Morgan fingerprint density at radius 2 is 0.917 bits per heavy atom. The van der Waals surface area contributed by atoms with E-state index >= 15 is 4.57 Å². The van der Waals surface area contributed by atoms with E-state index in [9.17, 15) is 0 Å². The van der Waals surface area contributed by atoms with Crippen LogP contribution in [0.4, 0.5) is 0 Å². The van der Waals surface area contributed by atoms with Gasteiger partial charge in [0.05, 0.1) is 16.6 Å². The number of hydrogen-bond acceptors (Lipinski definition) is 3. The first kappa shape index (κ1) is 34.7. The molecule has 1 aliphatic heterocycles. The molecule has 0 unspecified atom stereocenters. The molecule has 0 N–H and O–H groups in total. The van der Waals surface area contributed by atoms with Gasteiger partial charge in [-0.05, 0) is 69.1 Å². The third kappa shape index (κ3) is 4.97. The maximum absolute atomic E-state index is 15.2. The van der Waals surface area contributed by atoms with Crippen LogP contribution in [0.1, 0.15) is 22.3 Å². The van der Waals surface area contributed by atoms with Gasteiger partial charge in [-0.15, -0.1) is 0 Å². The van der Waals surface area contributed by atoms with Crippen LogP contribution < -0.4 is 20.7 Å². The molecule has 3 nitrogen and oxygen atoms in total. The Balaban J connectivity index is 1.10. The Morgan fingerprint density at radius 3 is 1.57 bits per heavy atom. The van der Waals surface area contributed by atoms with E-state index in [-0.39, 0.29) is 0 Å². The van der Waals surface area contributed by atoms with Crippen molar-refractivity contribution in [3.8, 4) is 45.0 Å². The Kier molecular flexibility index (Phi) is 7.73. The van der Waals surface area contributed by atoms with Gasteiger partial charge in [0.1, 0.15) is 11.5 Å². The molecule has 9 aromatic carbocycles. The molecule has 10 aromatic rings. The molecule has 4 heteroatoms. The molecule has 0 radical (unpaired) electrons. The molecule has 1 aromatic heterocycles. The fourth-order valence-electron chi connectivity index (χ4n) is 9.93. The molecule has 282 valence electrons. The van der Waals surface area contributed by atoms with Crippen molar-refractivity contribution in [1.29, 1.82) is 0 Å². The van der Waals surface area contributed by atoms with E-state index in [1.807, 2.05) is 78.9 Å². The highest BCUT2D eigenvalue weighted by molar-refractivity contribution is 7.85. The van der Waals surface area contributed by atoms with Crippen molar-refractivity contribution in [3.05, 3.63) is 241 Å². The number of nitrogens with zero attached hydrogens (tertiary/aromatic N) is 1. The van der Waals surface area contributed by atoms with Gasteiger partial charge in [0, 0.05) is 43.4 Å². The number of fused-ring (bicyclic) bond motifs is 12. The summed E-state index contributed by atoms with van der Waals surface area (Å²) in [4.78, 5) is 5.38. The van der Waals surface area contributed by atoms with Gasteiger partial charge >= 0.3 is 0 Å². The maximum Gasteiger partial charge on any atom is 0.171 e. The number of para-hydroxylation sites is 1. The quantitative estimate of drug-likeness (QED) is 0.129. The highest BCUT2D eigenvalue weighted by Crippen LogP contribution is 2.62. The van der Waals surface area contributed by atoms with Gasteiger partial charge in [0.25, 0.3) is 0 Å². The monoisotopic (exact) mass is 785 g/mol. The first-order valence-corrected chi connectivity index (χ1v) is 22.1. The normalized spacial score (nSPS) is 13.3.